The number of ether oxygens (including phenoxy) is 2. The van der Waals surface area contributed by atoms with Crippen molar-refractivity contribution in [2.75, 3.05) is 20.8 Å². The van der Waals surface area contributed by atoms with E-state index in [0.717, 1.165) is 5.56 Å². The first-order valence-corrected chi connectivity index (χ1v) is 9.00. The molecule has 0 saturated carbocycles. The molecule has 0 saturated heterocycles. The van der Waals surface area contributed by atoms with Crippen LogP contribution in [-0.4, -0.2) is 43.5 Å². The Bertz CT molecular complexity index is 795. The van der Waals surface area contributed by atoms with Gasteiger partial charge in [-0.1, -0.05) is 19.1 Å². The molecular weight excluding hydrogens is 363 g/mol. The van der Waals surface area contributed by atoms with Crippen molar-refractivity contribution in [3.05, 3.63) is 59.9 Å². The summed E-state index contributed by atoms with van der Waals surface area (Å²) in [5, 5.41) is 2.60. The summed E-state index contributed by atoms with van der Waals surface area (Å²) in [7, 11) is 3.10. The van der Waals surface area contributed by atoms with Gasteiger partial charge in [0, 0.05) is 13.6 Å². The molecule has 0 aliphatic rings. The van der Waals surface area contributed by atoms with E-state index in [2.05, 4.69) is 5.32 Å². The standard InChI is InChI=1S/C21H25FN2O4/c1-4-19(21(26)23-2)24(13-15-6-5-7-18(12-15)27-3)20(25)14-28-17-10-8-16(22)9-11-17/h5-12,19H,4,13-14H2,1-3H3,(H,23,26)/t19-/m0/s1. The number of nitrogens with zero attached hydrogens (tertiary/aromatic N) is 1. The van der Waals surface area contributed by atoms with Crippen LogP contribution >= 0.6 is 0 Å². The summed E-state index contributed by atoms with van der Waals surface area (Å²) in [5.74, 6) is 0.0663. The number of hydrogen-bond donors (Lipinski definition) is 1. The molecule has 2 amide bonds. The quantitative estimate of drug-likeness (QED) is 0.717. The highest BCUT2D eigenvalue weighted by molar-refractivity contribution is 5.88. The second kappa shape index (κ2) is 10.3. The summed E-state index contributed by atoms with van der Waals surface area (Å²) in [5.41, 5.74) is 0.830. The van der Waals surface area contributed by atoms with E-state index in [-0.39, 0.29) is 30.8 Å². The molecule has 0 unspecified atom stereocenters. The highest BCUT2D eigenvalue weighted by Crippen LogP contribution is 2.18. The molecule has 0 radical (unpaired) electrons. The Morgan fingerprint density at radius 2 is 1.86 bits per heavy atom. The Balaban J connectivity index is 2.19. The predicted octanol–water partition coefficient (Wildman–Crippen LogP) is 2.77. The van der Waals surface area contributed by atoms with Crippen molar-refractivity contribution < 1.29 is 23.5 Å². The van der Waals surface area contributed by atoms with Gasteiger partial charge in [0.1, 0.15) is 23.4 Å². The molecule has 2 rings (SSSR count). The number of methoxy groups -OCH3 is 1. The smallest absolute Gasteiger partial charge is 0.261 e. The molecule has 6 nitrogen and oxygen atoms in total. The van der Waals surface area contributed by atoms with Crippen LogP contribution in [0.1, 0.15) is 18.9 Å². The summed E-state index contributed by atoms with van der Waals surface area (Å²) in [6.07, 6.45) is 0.450. The summed E-state index contributed by atoms with van der Waals surface area (Å²) in [4.78, 5) is 26.7. The summed E-state index contributed by atoms with van der Waals surface area (Å²) in [6, 6.07) is 12.1. The lowest BCUT2D eigenvalue weighted by atomic mass is 10.1. The predicted molar refractivity (Wildman–Crippen MR) is 104 cm³/mol. The van der Waals surface area contributed by atoms with Crippen molar-refractivity contribution in [2.24, 2.45) is 0 Å². The van der Waals surface area contributed by atoms with Gasteiger partial charge in [0.2, 0.25) is 5.91 Å². The van der Waals surface area contributed by atoms with Gasteiger partial charge in [-0.15, -0.1) is 0 Å². The third-order valence-corrected chi connectivity index (χ3v) is 4.30. The SMILES string of the molecule is CC[C@@H](C(=O)NC)N(Cc1cccc(OC)c1)C(=O)COc1ccc(F)cc1. The Labute approximate surface area is 164 Å². The lowest BCUT2D eigenvalue weighted by Gasteiger charge is -2.30. The Morgan fingerprint density at radius 3 is 2.46 bits per heavy atom. The third kappa shape index (κ3) is 5.70. The van der Waals surface area contributed by atoms with Gasteiger partial charge < -0.3 is 19.7 Å². The number of nitrogens with one attached hydrogen (secondary N) is 1. The minimum atomic E-state index is -0.638. The average molecular weight is 388 g/mol. The first-order valence-electron chi connectivity index (χ1n) is 9.00. The second-order valence-corrected chi connectivity index (χ2v) is 6.15. The number of likely N-dealkylation sites (N-methyl/N-ethyl adjacent to an activating group) is 1. The number of halogens is 1. The van der Waals surface area contributed by atoms with Gasteiger partial charge in [-0.3, -0.25) is 9.59 Å². The molecule has 0 aromatic heterocycles. The molecule has 2 aromatic rings. The van der Waals surface area contributed by atoms with Gasteiger partial charge in [0.05, 0.1) is 7.11 Å². The largest absolute Gasteiger partial charge is 0.497 e. The van der Waals surface area contributed by atoms with E-state index in [4.69, 9.17) is 9.47 Å². The summed E-state index contributed by atoms with van der Waals surface area (Å²) < 4.78 is 23.7. The van der Waals surface area contributed by atoms with Crippen LogP contribution < -0.4 is 14.8 Å². The van der Waals surface area contributed by atoms with Crippen molar-refractivity contribution in [3.63, 3.8) is 0 Å². The van der Waals surface area contributed by atoms with E-state index in [9.17, 15) is 14.0 Å². The maximum Gasteiger partial charge on any atom is 0.261 e. The lowest BCUT2D eigenvalue weighted by molar-refractivity contribution is -0.142. The van der Waals surface area contributed by atoms with E-state index in [1.54, 1.807) is 7.11 Å². The zero-order valence-electron chi connectivity index (χ0n) is 16.3. The van der Waals surface area contributed by atoms with Gasteiger partial charge in [-0.2, -0.15) is 0 Å². The van der Waals surface area contributed by atoms with E-state index in [0.29, 0.717) is 17.9 Å². The minimum Gasteiger partial charge on any atom is -0.497 e. The second-order valence-electron chi connectivity index (χ2n) is 6.15. The van der Waals surface area contributed by atoms with Crippen LogP contribution in [0.2, 0.25) is 0 Å². The fourth-order valence-electron chi connectivity index (χ4n) is 2.81. The topological polar surface area (TPSA) is 67.9 Å². The molecular formula is C21H25FN2O4. The number of carbonyl (C=O) groups is 2. The number of benzene rings is 2. The van der Waals surface area contributed by atoms with Crippen molar-refractivity contribution in [1.82, 2.24) is 10.2 Å². The van der Waals surface area contributed by atoms with Crippen molar-refractivity contribution >= 4 is 11.8 Å². The highest BCUT2D eigenvalue weighted by Gasteiger charge is 2.28. The van der Waals surface area contributed by atoms with Crippen molar-refractivity contribution in [3.8, 4) is 11.5 Å². The van der Waals surface area contributed by atoms with Gasteiger partial charge >= 0.3 is 0 Å². The minimum absolute atomic E-state index is 0.231. The van der Waals surface area contributed by atoms with Crippen LogP contribution in [0.4, 0.5) is 4.39 Å². The lowest BCUT2D eigenvalue weighted by Crippen LogP contribution is -2.49. The van der Waals surface area contributed by atoms with Gasteiger partial charge in [-0.05, 0) is 48.4 Å². The van der Waals surface area contributed by atoms with E-state index in [1.165, 1.54) is 36.2 Å². The number of rotatable bonds is 9. The third-order valence-electron chi connectivity index (χ3n) is 4.30. The molecule has 0 bridgehead atoms. The van der Waals surface area contributed by atoms with Crippen LogP contribution in [0.5, 0.6) is 11.5 Å². The molecule has 7 heteroatoms. The zero-order chi connectivity index (χ0) is 20.5. The fraction of sp³-hybridized carbons (Fsp3) is 0.333. The molecule has 150 valence electrons. The summed E-state index contributed by atoms with van der Waals surface area (Å²) >= 11 is 0. The number of hydrogen-bond acceptors (Lipinski definition) is 4. The number of amides is 2. The average Bonchev–Trinajstić information content (AvgIpc) is 2.72. The molecule has 0 aliphatic carbocycles. The van der Waals surface area contributed by atoms with Crippen LogP contribution in [-0.2, 0) is 16.1 Å². The molecule has 1 N–H and O–H groups in total. The van der Waals surface area contributed by atoms with Crippen molar-refractivity contribution in [2.45, 2.75) is 25.9 Å². The molecule has 0 heterocycles. The Morgan fingerprint density at radius 1 is 1.14 bits per heavy atom. The maximum atomic E-state index is 13.0. The van der Waals surface area contributed by atoms with Crippen LogP contribution in [0.15, 0.2) is 48.5 Å². The first-order chi connectivity index (χ1) is 13.5. The van der Waals surface area contributed by atoms with E-state index < -0.39 is 6.04 Å². The Hall–Kier alpha value is -3.09. The van der Waals surface area contributed by atoms with Gasteiger partial charge in [-0.25, -0.2) is 4.39 Å². The van der Waals surface area contributed by atoms with Crippen molar-refractivity contribution in [1.29, 1.82) is 0 Å². The number of carbonyl (C=O) groups excluding carboxylic acids is 2. The van der Waals surface area contributed by atoms with Crippen LogP contribution in [0.25, 0.3) is 0 Å². The first kappa shape index (κ1) is 21.2. The fourth-order valence-corrected chi connectivity index (χ4v) is 2.81. The van der Waals surface area contributed by atoms with Crippen LogP contribution in [0, 0.1) is 5.82 Å². The zero-order valence-corrected chi connectivity index (χ0v) is 16.3. The normalized spacial score (nSPS) is 11.4. The van der Waals surface area contributed by atoms with Gasteiger partial charge in [0.25, 0.3) is 5.91 Å². The maximum absolute atomic E-state index is 13.0. The summed E-state index contributed by atoms with van der Waals surface area (Å²) in [6.45, 7) is 1.81. The molecule has 0 spiro atoms. The van der Waals surface area contributed by atoms with Crippen LogP contribution in [0.3, 0.4) is 0 Å². The van der Waals surface area contributed by atoms with E-state index >= 15 is 0 Å². The molecule has 1 atom stereocenters. The molecule has 2 aromatic carbocycles. The van der Waals surface area contributed by atoms with Gasteiger partial charge in [0.15, 0.2) is 6.61 Å². The monoisotopic (exact) mass is 388 g/mol. The molecule has 0 aliphatic heterocycles. The molecule has 28 heavy (non-hydrogen) atoms. The van der Waals surface area contributed by atoms with E-state index in [1.807, 2.05) is 31.2 Å². The Kier molecular flexibility index (Phi) is 7.80. The highest BCUT2D eigenvalue weighted by atomic mass is 19.1. The molecule has 0 fully saturated rings.